The van der Waals surface area contributed by atoms with Gasteiger partial charge in [-0.3, -0.25) is 9.69 Å². The Bertz CT molecular complexity index is 1600. The molecular weight excluding hydrogens is 604 g/mol. The quantitative estimate of drug-likeness (QED) is 0.127. The number of urea groups is 1. The van der Waals surface area contributed by atoms with Crippen LogP contribution in [-0.4, -0.2) is 49.2 Å². The third-order valence-electron chi connectivity index (χ3n) is 8.48. The molecule has 1 fully saturated rings. The van der Waals surface area contributed by atoms with Crippen molar-refractivity contribution in [1.82, 2.24) is 10.2 Å². The lowest BCUT2D eigenvalue weighted by Crippen LogP contribution is -2.37. The lowest BCUT2D eigenvalue weighted by Gasteiger charge is -2.32. The Hall–Kier alpha value is -4.86. The summed E-state index contributed by atoms with van der Waals surface area (Å²) in [6, 6.07) is 30.4. The first-order chi connectivity index (χ1) is 23.4. The highest BCUT2D eigenvalue weighted by Gasteiger charge is 2.21. The summed E-state index contributed by atoms with van der Waals surface area (Å²) < 4.78 is 17.7. The summed E-state index contributed by atoms with van der Waals surface area (Å²) in [6.07, 6.45) is 3.85. The van der Waals surface area contributed by atoms with E-state index in [1.807, 2.05) is 38.1 Å². The van der Waals surface area contributed by atoms with E-state index < -0.39 is 0 Å². The van der Waals surface area contributed by atoms with Crippen LogP contribution in [0.2, 0.25) is 0 Å². The Kier molecular flexibility index (Phi) is 12.5. The number of anilines is 2. The van der Waals surface area contributed by atoms with Crippen LogP contribution in [-0.2, 0) is 17.9 Å². The third kappa shape index (κ3) is 10.1. The maximum absolute atomic E-state index is 13.0. The molecule has 0 unspecified atom stereocenters. The van der Waals surface area contributed by atoms with Gasteiger partial charge in [-0.05, 0) is 98.0 Å². The number of methoxy groups -OCH3 is 1. The molecule has 1 aliphatic heterocycles. The molecule has 0 radical (unpaired) electrons. The second-order valence-electron chi connectivity index (χ2n) is 12.1. The van der Waals surface area contributed by atoms with Crippen molar-refractivity contribution in [3.63, 3.8) is 0 Å². The minimum absolute atomic E-state index is 0.128. The highest BCUT2D eigenvalue weighted by Crippen LogP contribution is 2.30. The van der Waals surface area contributed by atoms with Crippen LogP contribution in [0.4, 0.5) is 16.2 Å². The summed E-state index contributed by atoms with van der Waals surface area (Å²) in [5.41, 5.74) is 3.97. The number of nitrogens with one attached hydrogen (secondary N) is 3. The number of likely N-dealkylation sites (tertiary alicyclic amines) is 1. The first kappa shape index (κ1) is 34.5. The molecule has 1 saturated heterocycles. The molecule has 1 heterocycles. The summed E-state index contributed by atoms with van der Waals surface area (Å²) in [5, 5.41) is 8.81. The van der Waals surface area contributed by atoms with Gasteiger partial charge in [0.25, 0.3) is 5.91 Å². The highest BCUT2D eigenvalue weighted by atomic mass is 16.5. The van der Waals surface area contributed by atoms with E-state index in [1.54, 1.807) is 55.6 Å². The fourth-order valence-corrected chi connectivity index (χ4v) is 5.71. The molecule has 0 aromatic heterocycles. The van der Waals surface area contributed by atoms with Crippen LogP contribution in [0.25, 0.3) is 0 Å². The van der Waals surface area contributed by atoms with E-state index in [4.69, 9.17) is 14.2 Å². The van der Waals surface area contributed by atoms with Gasteiger partial charge in [0, 0.05) is 55.3 Å². The average molecular weight is 651 g/mol. The van der Waals surface area contributed by atoms with Crippen molar-refractivity contribution in [3.05, 3.63) is 114 Å². The average Bonchev–Trinajstić information content (AvgIpc) is 3.11. The molecular formula is C39H46N4O5. The van der Waals surface area contributed by atoms with Gasteiger partial charge in [0.1, 0.15) is 23.4 Å². The summed E-state index contributed by atoms with van der Waals surface area (Å²) in [7, 11) is 1.61. The number of benzene rings is 4. The van der Waals surface area contributed by atoms with Gasteiger partial charge in [-0.2, -0.15) is 0 Å². The topological polar surface area (TPSA) is 101 Å². The van der Waals surface area contributed by atoms with Gasteiger partial charge >= 0.3 is 6.03 Å². The van der Waals surface area contributed by atoms with Gasteiger partial charge in [0.05, 0.1) is 6.61 Å². The SMILES string of the molecule is CCC(CC)NC(=O)Nc1ccc(Oc2ccc(NC(=O)c3ccc(OC4CCN(Cc5ccccc5)CC4)cc3)cc2)c(COC)c1. The monoisotopic (exact) mass is 650 g/mol. The molecule has 0 atom stereocenters. The van der Waals surface area contributed by atoms with Crippen molar-refractivity contribution >= 4 is 23.3 Å². The summed E-state index contributed by atoms with van der Waals surface area (Å²) >= 11 is 0. The molecule has 4 aromatic rings. The van der Waals surface area contributed by atoms with Gasteiger partial charge in [0.15, 0.2) is 0 Å². The maximum atomic E-state index is 13.0. The van der Waals surface area contributed by atoms with Crippen molar-refractivity contribution in [2.75, 3.05) is 30.8 Å². The van der Waals surface area contributed by atoms with Crippen molar-refractivity contribution in [2.24, 2.45) is 0 Å². The fourth-order valence-electron chi connectivity index (χ4n) is 5.71. The zero-order chi connectivity index (χ0) is 33.7. The molecule has 252 valence electrons. The van der Waals surface area contributed by atoms with E-state index in [1.165, 1.54) is 5.56 Å². The van der Waals surface area contributed by atoms with Crippen molar-refractivity contribution < 1.29 is 23.8 Å². The van der Waals surface area contributed by atoms with E-state index in [-0.39, 0.29) is 24.1 Å². The number of amides is 3. The van der Waals surface area contributed by atoms with Crippen LogP contribution < -0.4 is 25.4 Å². The van der Waals surface area contributed by atoms with Crippen LogP contribution in [0, 0.1) is 0 Å². The molecule has 9 nitrogen and oxygen atoms in total. The number of hydrogen-bond acceptors (Lipinski definition) is 6. The number of rotatable bonds is 14. The maximum Gasteiger partial charge on any atom is 0.319 e. The number of carbonyl (C=O) groups is 2. The number of ether oxygens (including phenoxy) is 3. The number of nitrogens with zero attached hydrogens (tertiary/aromatic N) is 1. The molecule has 1 aliphatic rings. The summed E-state index contributed by atoms with van der Waals surface area (Å²) in [5.74, 6) is 1.78. The van der Waals surface area contributed by atoms with Crippen LogP contribution in [0.1, 0.15) is 61.0 Å². The van der Waals surface area contributed by atoms with E-state index in [0.29, 0.717) is 35.0 Å². The van der Waals surface area contributed by atoms with Gasteiger partial charge in [-0.25, -0.2) is 4.79 Å². The highest BCUT2D eigenvalue weighted by molar-refractivity contribution is 6.04. The number of piperidine rings is 1. The normalized spacial score (nSPS) is 13.6. The zero-order valence-electron chi connectivity index (χ0n) is 28.0. The van der Waals surface area contributed by atoms with Crippen LogP contribution in [0.5, 0.6) is 17.2 Å². The fraction of sp³-hybridized carbons (Fsp3) is 0.333. The molecule has 0 bridgehead atoms. The lowest BCUT2D eigenvalue weighted by molar-refractivity contribution is 0.0967. The molecule has 3 amide bonds. The van der Waals surface area contributed by atoms with Crippen LogP contribution in [0.15, 0.2) is 97.1 Å². The Morgan fingerprint density at radius 2 is 1.48 bits per heavy atom. The van der Waals surface area contributed by atoms with Crippen LogP contribution >= 0.6 is 0 Å². The lowest BCUT2D eigenvalue weighted by atomic mass is 10.1. The van der Waals surface area contributed by atoms with Gasteiger partial charge in [-0.15, -0.1) is 0 Å². The molecule has 9 heteroatoms. The van der Waals surface area contributed by atoms with Crippen molar-refractivity contribution in [3.8, 4) is 17.2 Å². The Balaban J connectivity index is 1.10. The van der Waals surface area contributed by atoms with E-state index in [9.17, 15) is 9.59 Å². The molecule has 4 aromatic carbocycles. The molecule has 48 heavy (non-hydrogen) atoms. The number of hydrogen-bond donors (Lipinski definition) is 3. The van der Waals surface area contributed by atoms with E-state index in [0.717, 1.165) is 56.6 Å². The second kappa shape index (κ2) is 17.3. The minimum atomic E-state index is -0.242. The van der Waals surface area contributed by atoms with E-state index >= 15 is 0 Å². The Labute approximate surface area is 283 Å². The molecule has 5 rings (SSSR count). The number of carbonyl (C=O) groups excluding carboxylic acids is 2. The third-order valence-corrected chi connectivity index (χ3v) is 8.48. The zero-order valence-corrected chi connectivity index (χ0v) is 28.0. The largest absolute Gasteiger partial charge is 0.490 e. The predicted octanol–water partition coefficient (Wildman–Crippen LogP) is 8.23. The second-order valence-corrected chi connectivity index (χ2v) is 12.1. The van der Waals surface area contributed by atoms with Crippen LogP contribution in [0.3, 0.4) is 0 Å². The standard InChI is InChI=1S/C39H46N4O5/c1-4-31(5-2)41-39(45)42-33-15-20-37(30(25-33)27-46-3)48-35-18-13-32(14-19-35)40-38(44)29-11-16-34(17-12-29)47-36-21-23-43(24-22-36)26-28-9-7-6-8-10-28/h6-20,25,31,36H,4-5,21-24,26-27H2,1-3H3,(H,40,44)(H2,41,42,45). The Morgan fingerprint density at radius 1 is 0.812 bits per heavy atom. The van der Waals surface area contributed by atoms with Crippen molar-refractivity contribution in [2.45, 2.75) is 64.8 Å². The first-order valence-electron chi connectivity index (χ1n) is 16.7. The van der Waals surface area contributed by atoms with E-state index in [2.05, 4.69) is 45.1 Å². The molecule has 0 saturated carbocycles. The Morgan fingerprint density at radius 3 is 2.15 bits per heavy atom. The van der Waals surface area contributed by atoms with Crippen molar-refractivity contribution in [1.29, 1.82) is 0 Å². The predicted molar refractivity (Wildman–Crippen MR) is 190 cm³/mol. The minimum Gasteiger partial charge on any atom is -0.490 e. The first-order valence-corrected chi connectivity index (χ1v) is 16.7. The molecule has 0 aliphatic carbocycles. The van der Waals surface area contributed by atoms with Gasteiger partial charge < -0.3 is 30.2 Å². The van der Waals surface area contributed by atoms with Gasteiger partial charge in [0.2, 0.25) is 0 Å². The molecule has 0 spiro atoms. The summed E-state index contributed by atoms with van der Waals surface area (Å²) in [4.78, 5) is 27.8. The summed E-state index contributed by atoms with van der Waals surface area (Å²) in [6.45, 7) is 7.37. The molecule has 3 N–H and O–H groups in total. The van der Waals surface area contributed by atoms with Gasteiger partial charge in [-0.1, -0.05) is 44.2 Å². The smallest absolute Gasteiger partial charge is 0.319 e.